The highest BCUT2D eigenvalue weighted by atomic mass is 16.5. The number of anilines is 2. The predicted octanol–water partition coefficient (Wildman–Crippen LogP) is 5.67. The van der Waals surface area contributed by atoms with E-state index in [-0.39, 0.29) is 11.8 Å². The molecule has 1 aliphatic rings. The van der Waals surface area contributed by atoms with Gasteiger partial charge in [-0.3, -0.25) is 4.79 Å². The highest BCUT2D eigenvalue weighted by Crippen LogP contribution is 2.30. The Balaban J connectivity index is 1.23. The summed E-state index contributed by atoms with van der Waals surface area (Å²) in [7, 11) is 1.66. The van der Waals surface area contributed by atoms with Crippen molar-refractivity contribution in [3.63, 3.8) is 0 Å². The fourth-order valence-corrected chi connectivity index (χ4v) is 4.51. The third-order valence-electron chi connectivity index (χ3n) is 6.50. The number of benzene rings is 3. The fourth-order valence-electron chi connectivity index (χ4n) is 4.51. The summed E-state index contributed by atoms with van der Waals surface area (Å²) < 4.78 is 5.25. The number of rotatable bonds is 6. The van der Waals surface area contributed by atoms with E-state index < -0.39 is 0 Å². The minimum Gasteiger partial charge on any atom is -0.497 e. The third-order valence-corrected chi connectivity index (χ3v) is 6.50. The zero-order valence-corrected chi connectivity index (χ0v) is 19.7. The third kappa shape index (κ3) is 5.17. The number of piperidine rings is 1. The molecule has 1 aromatic heterocycles. The maximum Gasteiger partial charge on any atom is 0.227 e. The van der Waals surface area contributed by atoms with Gasteiger partial charge in [-0.25, -0.2) is 9.97 Å². The van der Waals surface area contributed by atoms with Crippen molar-refractivity contribution in [2.24, 2.45) is 5.92 Å². The molecule has 176 valence electrons. The molecule has 1 saturated heterocycles. The van der Waals surface area contributed by atoms with Gasteiger partial charge in [-0.1, -0.05) is 48.5 Å². The number of carbonyl (C=O) groups excluding carboxylic acids is 1. The van der Waals surface area contributed by atoms with Gasteiger partial charge in [-0.15, -0.1) is 0 Å². The molecule has 1 fully saturated rings. The molecule has 6 heteroatoms. The van der Waals surface area contributed by atoms with E-state index in [0.29, 0.717) is 0 Å². The Kier molecular flexibility index (Phi) is 6.70. The summed E-state index contributed by atoms with van der Waals surface area (Å²) in [6.45, 7) is 1.55. The molecule has 0 bridgehead atoms. The van der Waals surface area contributed by atoms with Gasteiger partial charge in [0, 0.05) is 41.9 Å². The number of aromatic nitrogens is 2. The number of ether oxygens (including phenoxy) is 1. The first kappa shape index (κ1) is 22.6. The second-order valence-electron chi connectivity index (χ2n) is 8.65. The topological polar surface area (TPSA) is 67.3 Å². The van der Waals surface area contributed by atoms with Crippen molar-refractivity contribution >= 4 is 17.4 Å². The minimum absolute atomic E-state index is 0.0297. The van der Waals surface area contributed by atoms with Gasteiger partial charge in [0.2, 0.25) is 5.91 Å². The predicted molar refractivity (Wildman–Crippen MR) is 139 cm³/mol. The highest BCUT2D eigenvalue weighted by molar-refractivity contribution is 5.96. The van der Waals surface area contributed by atoms with Gasteiger partial charge < -0.3 is 15.0 Å². The molecule has 0 spiro atoms. The van der Waals surface area contributed by atoms with Gasteiger partial charge in [0.1, 0.15) is 17.9 Å². The average Bonchev–Trinajstić information content (AvgIpc) is 2.94. The first-order valence-corrected chi connectivity index (χ1v) is 11.9. The van der Waals surface area contributed by atoms with E-state index in [9.17, 15) is 4.79 Å². The van der Waals surface area contributed by atoms with Crippen LogP contribution < -0.4 is 15.0 Å². The number of hydrogen-bond acceptors (Lipinski definition) is 5. The Morgan fingerprint density at radius 1 is 0.886 bits per heavy atom. The number of hydrogen-bond donors (Lipinski definition) is 1. The lowest BCUT2D eigenvalue weighted by molar-refractivity contribution is -0.120. The van der Waals surface area contributed by atoms with Crippen LogP contribution in [-0.2, 0) is 4.79 Å². The quantitative estimate of drug-likeness (QED) is 0.398. The van der Waals surface area contributed by atoms with Crippen LogP contribution in [-0.4, -0.2) is 36.1 Å². The number of nitrogens with one attached hydrogen (secondary N) is 1. The fraction of sp³-hybridized carbons (Fsp3) is 0.207. The van der Waals surface area contributed by atoms with Crippen molar-refractivity contribution in [3.8, 4) is 28.1 Å². The van der Waals surface area contributed by atoms with Crippen LogP contribution in [0, 0.1) is 5.92 Å². The number of nitrogens with zero attached hydrogens (tertiary/aromatic N) is 3. The molecule has 1 aliphatic heterocycles. The molecular formula is C29H28N4O2. The van der Waals surface area contributed by atoms with Crippen molar-refractivity contribution in [1.29, 1.82) is 0 Å². The Hall–Kier alpha value is -4.19. The molecule has 0 atom stereocenters. The maximum absolute atomic E-state index is 13.1. The number of para-hydroxylation sites is 1. The van der Waals surface area contributed by atoms with E-state index in [1.165, 1.54) is 0 Å². The zero-order valence-electron chi connectivity index (χ0n) is 19.7. The van der Waals surface area contributed by atoms with Gasteiger partial charge in [-0.05, 0) is 48.7 Å². The van der Waals surface area contributed by atoms with E-state index in [1.807, 2.05) is 72.8 Å². The lowest BCUT2D eigenvalue weighted by atomic mass is 9.95. The van der Waals surface area contributed by atoms with Crippen LogP contribution in [0.5, 0.6) is 5.75 Å². The molecule has 1 amide bonds. The van der Waals surface area contributed by atoms with Gasteiger partial charge in [0.05, 0.1) is 12.8 Å². The summed E-state index contributed by atoms with van der Waals surface area (Å²) in [6, 6.07) is 28.0. The second kappa shape index (κ2) is 10.4. The first-order valence-electron chi connectivity index (χ1n) is 11.9. The molecule has 0 radical (unpaired) electrons. The standard InChI is InChI=1S/C29H28N4O2/c1-35-24-13-11-22(12-14-24)27-19-28(31-20-30-27)33-17-15-23(16-18-33)29(34)32-26-10-6-5-9-25(26)21-7-3-2-4-8-21/h2-14,19-20,23H,15-18H2,1H3,(H,32,34). The van der Waals surface area contributed by atoms with Crippen molar-refractivity contribution < 1.29 is 9.53 Å². The molecule has 6 nitrogen and oxygen atoms in total. The summed E-state index contributed by atoms with van der Waals surface area (Å²) >= 11 is 0. The molecule has 3 aromatic carbocycles. The average molecular weight is 465 g/mol. The molecule has 35 heavy (non-hydrogen) atoms. The molecule has 2 heterocycles. The van der Waals surface area contributed by atoms with Gasteiger partial charge in [-0.2, -0.15) is 0 Å². The monoisotopic (exact) mass is 464 g/mol. The summed E-state index contributed by atoms with van der Waals surface area (Å²) in [5.41, 5.74) is 4.86. The summed E-state index contributed by atoms with van der Waals surface area (Å²) in [6.07, 6.45) is 3.16. The van der Waals surface area contributed by atoms with E-state index in [1.54, 1.807) is 13.4 Å². The van der Waals surface area contributed by atoms with Crippen LogP contribution in [0.3, 0.4) is 0 Å². The summed E-state index contributed by atoms with van der Waals surface area (Å²) in [4.78, 5) is 24.3. The zero-order chi connectivity index (χ0) is 24.0. The molecule has 0 saturated carbocycles. The van der Waals surface area contributed by atoms with Crippen LogP contribution in [0.2, 0.25) is 0 Å². The smallest absolute Gasteiger partial charge is 0.227 e. The minimum atomic E-state index is -0.0297. The molecular weight excluding hydrogens is 436 g/mol. The lowest BCUT2D eigenvalue weighted by Crippen LogP contribution is -2.38. The number of carbonyl (C=O) groups is 1. The Labute approximate surface area is 205 Å². The van der Waals surface area contributed by atoms with Gasteiger partial charge in [0.25, 0.3) is 0 Å². The SMILES string of the molecule is COc1ccc(-c2cc(N3CCC(C(=O)Nc4ccccc4-c4ccccc4)CC3)ncn2)cc1. The Morgan fingerprint density at radius 2 is 1.60 bits per heavy atom. The Morgan fingerprint density at radius 3 is 2.34 bits per heavy atom. The molecule has 0 aliphatic carbocycles. The highest BCUT2D eigenvalue weighted by Gasteiger charge is 2.26. The van der Waals surface area contributed by atoms with E-state index in [4.69, 9.17) is 4.74 Å². The summed E-state index contributed by atoms with van der Waals surface area (Å²) in [5.74, 6) is 1.75. The molecule has 5 rings (SSSR count). The number of amides is 1. The van der Waals surface area contributed by atoms with Crippen LogP contribution in [0.15, 0.2) is 91.3 Å². The van der Waals surface area contributed by atoms with Crippen LogP contribution >= 0.6 is 0 Å². The van der Waals surface area contributed by atoms with Crippen LogP contribution in [0.4, 0.5) is 11.5 Å². The van der Waals surface area contributed by atoms with Crippen molar-refractivity contribution in [1.82, 2.24) is 9.97 Å². The van der Waals surface area contributed by atoms with E-state index in [2.05, 4.69) is 32.3 Å². The van der Waals surface area contributed by atoms with E-state index >= 15 is 0 Å². The molecule has 0 unspecified atom stereocenters. The lowest BCUT2D eigenvalue weighted by Gasteiger charge is -2.32. The molecule has 4 aromatic rings. The van der Waals surface area contributed by atoms with E-state index in [0.717, 1.165) is 65.6 Å². The van der Waals surface area contributed by atoms with Crippen LogP contribution in [0.1, 0.15) is 12.8 Å². The Bertz CT molecular complexity index is 1280. The summed E-state index contributed by atoms with van der Waals surface area (Å²) in [5, 5.41) is 3.18. The van der Waals surface area contributed by atoms with Crippen molar-refractivity contribution in [3.05, 3.63) is 91.3 Å². The van der Waals surface area contributed by atoms with Gasteiger partial charge >= 0.3 is 0 Å². The van der Waals surface area contributed by atoms with Crippen molar-refractivity contribution in [2.75, 3.05) is 30.4 Å². The first-order chi connectivity index (χ1) is 17.2. The maximum atomic E-state index is 13.1. The largest absolute Gasteiger partial charge is 0.497 e. The number of methoxy groups -OCH3 is 1. The second-order valence-corrected chi connectivity index (χ2v) is 8.65. The normalized spacial score (nSPS) is 13.9. The van der Waals surface area contributed by atoms with Crippen LogP contribution in [0.25, 0.3) is 22.4 Å². The molecule has 1 N–H and O–H groups in total. The van der Waals surface area contributed by atoms with Crippen molar-refractivity contribution in [2.45, 2.75) is 12.8 Å². The van der Waals surface area contributed by atoms with Gasteiger partial charge in [0.15, 0.2) is 0 Å².